The number of piperidine rings is 1. The van der Waals surface area contributed by atoms with Crippen LogP contribution in [0.25, 0.3) is 0 Å². The van der Waals surface area contributed by atoms with Gasteiger partial charge in [0.05, 0.1) is 23.6 Å². The van der Waals surface area contributed by atoms with Gasteiger partial charge in [0.15, 0.2) is 0 Å². The third kappa shape index (κ3) is 9.54. The molecule has 1 aliphatic heterocycles. The maximum absolute atomic E-state index is 12.8. The van der Waals surface area contributed by atoms with E-state index in [1.54, 1.807) is 11.0 Å². The summed E-state index contributed by atoms with van der Waals surface area (Å²) in [5.74, 6) is -2.39. The zero-order valence-corrected chi connectivity index (χ0v) is 24.3. The SMILES string of the molecule is CC(C)(C)OC(=O)N1CCC(CCCCOc2cc(C(=O)C(N)C(NS(=O)(=O)c3ccccc3)C(=O)O)on2)CC1. The van der Waals surface area contributed by atoms with E-state index in [1.165, 1.54) is 30.3 Å². The number of nitrogens with one attached hydrogen (secondary N) is 1. The molecule has 2 aromatic rings. The molecule has 1 aromatic heterocycles. The number of carboxylic acid groups (broad SMARTS) is 1. The van der Waals surface area contributed by atoms with E-state index in [1.807, 2.05) is 25.5 Å². The molecule has 0 bridgehead atoms. The first kappa shape index (κ1) is 32.0. The fraction of sp³-hybridized carbons (Fsp3) is 0.556. The maximum Gasteiger partial charge on any atom is 0.410 e. The average Bonchev–Trinajstić information content (AvgIpc) is 3.39. The molecule has 2 unspecified atom stereocenters. The van der Waals surface area contributed by atoms with Crippen molar-refractivity contribution in [1.82, 2.24) is 14.8 Å². The van der Waals surface area contributed by atoms with Crippen LogP contribution in [0.3, 0.4) is 0 Å². The van der Waals surface area contributed by atoms with Gasteiger partial charge in [-0.15, -0.1) is 0 Å². The van der Waals surface area contributed by atoms with Crippen LogP contribution in [0, 0.1) is 5.92 Å². The van der Waals surface area contributed by atoms with Crippen molar-refractivity contribution in [3.63, 3.8) is 0 Å². The highest BCUT2D eigenvalue weighted by Gasteiger charge is 2.37. The second kappa shape index (κ2) is 13.9. The summed E-state index contributed by atoms with van der Waals surface area (Å²) in [7, 11) is -4.26. The highest BCUT2D eigenvalue weighted by molar-refractivity contribution is 7.89. The Hall–Kier alpha value is -3.49. The van der Waals surface area contributed by atoms with E-state index in [0.717, 1.165) is 32.1 Å². The number of aromatic nitrogens is 1. The molecule has 0 spiro atoms. The lowest BCUT2D eigenvalue weighted by molar-refractivity contribution is -0.139. The summed E-state index contributed by atoms with van der Waals surface area (Å²) >= 11 is 0. The normalized spacial score (nSPS) is 16.1. The number of unbranched alkanes of at least 4 members (excludes halogenated alkanes) is 1. The van der Waals surface area contributed by atoms with Crippen LogP contribution in [0.2, 0.25) is 0 Å². The number of ketones is 1. The molecule has 41 heavy (non-hydrogen) atoms. The molecule has 226 valence electrons. The first-order valence-corrected chi connectivity index (χ1v) is 14.9. The summed E-state index contributed by atoms with van der Waals surface area (Å²) in [4.78, 5) is 38.3. The van der Waals surface area contributed by atoms with E-state index in [0.29, 0.717) is 25.6 Å². The number of hydrogen-bond acceptors (Lipinski definition) is 10. The largest absolute Gasteiger partial charge is 0.480 e. The van der Waals surface area contributed by atoms with Crippen molar-refractivity contribution in [2.75, 3.05) is 19.7 Å². The lowest BCUT2D eigenvalue weighted by Gasteiger charge is -2.33. The van der Waals surface area contributed by atoms with Gasteiger partial charge in [-0.25, -0.2) is 13.2 Å². The summed E-state index contributed by atoms with van der Waals surface area (Å²) in [6.07, 6.45) is 4.15. The van der Waals surface area contributed by atoms with Crippen molar-refractivity contribution in [1.29, 1.82) is 0 Å². The number of sulfonamides is 1. The van der Waals surface area contributed by atoms with Crippen LogP contribution >= 0.6 is 0 Å². The molecule has 3 rings (SSSR count). The van der Waals surface area contributed by atoms with Crippen molar-refractivity contribution in [2.45, 2.75) is 75.5 Å². The third-order valence-electron chi connectivity index (χ3n) is 6.52. The van der Waals surface area contributed by atoms with Crippen molar-refractivity contribution in [3.05, 3.63) is 42.2 Å². The summed E-state index contributed by atoms with van der Waals surface area (Å²) in [6, 6.07) is 4.58. The summed E-state index contributed by atoms with van der Waals surface area (Å²) in [5.41, 5.74) is 5.32. The smallest absolute Gasteiger partial charge is 0.410 e. The van der Waals surface area contributed by atoms with Gasteiger partial charge < -0.3 is 29.7 Å². The Labute approximate surface area is 239 Å². The Morgan fingerprint density at radius 1 is 1.17 bits per heavy atom. The minimum Gasteiger partial charge on any atom is -0.480 e. The van der Waals surface area contributed by atoms with Crippen LogP contribution in [0.15, 0.2) is 45.8 Å². The number of hydrogen-bond donors (Lipinski definition) is 3. The molecule has 1 amide bonds. The van der Waals surface area contributed by atoms with Crippen LogP contribution in [-0.2, 0) is 19.6 Å². The maximum atomic E-state index is 12.8. The van der Waals surface area contributed by atoms with E-state index >= 15 is 0 Å². The second-order valence-electron chi connectivity index (χ2n) is 10.9. The van der Waals surface area contributed by atoms with Crippen molar-refractivity contribution >= 4 is 27.9 Å². The molecule has 1 fully saturated rings. The van der Waals surface area contributed by atoms with Crippen molar-refractivity contribution < 1.29 is 41.9 Å². The van der Waals surface area contributed by atoms with Gasteiger partial charge in [0.25, 0.3) is 5.88 Å². The first-order chi connectivity index (χ1) is 19.3. The number of benzene rings is 1. The van der Waals surface area contributed by atoms with Gasteiger partial charge in [-0.1, -0.05) is 24.6 Å². The topological polar surface area (TPSA) is 191 Å². The highest BCUT2D eigenvalue weighted by Crippen LogP contribution is 2.24. The third-order valence-corrected chi connectivity index (χ3v) is 7.97. The molecule has 1 aromatic carbocycles. The number of rotatable bonds is 13. The first-order valence-electron chi connectivity index (χ1n) is 13.4. The Kier molecular flexibility index (Phi) is 10.9. The van der Waals surface area contributed by atoms with Crippen LogP contribution in [0.4, 0.5) is 4.79 Å². The number of carbonyl (C=O) groups excluding carboxylic acids is 2. The summed E-state index contributed by atoms with van der Waals surface area (Å²) < 4.78 is 43.0. The predicted octanol–water partition coefficient (Wildman–Crippen LogP) is 2.81. The number of Topliss-reactive ketones (excluding diaryl/α,β-unsaturated/α-hetero) is 1. The molecule has 2 atom stereocenters. The number of likely N-dealkylation sites (tertiary alicyclic amines) is 1. The van der Waals surface area contributed by atoms with Crippen LogP contribution in [0.1, 0.15) is 63.4 Å². The summed E-state index contributed by atoms with van der Waals surface area (Å²) in [6.45, 7) is 7.20. The molecular weight excluding hydrogens is 556 g/mol. The molecule has 0 aliphatic carbocycles. The zero-order chi connectivity index (χ0) is 30.2. The minimum absolute atomic E-state index is 0.0305. The quantitative estimate of drug-likeness (QED) is 0.228. The fourth-order valence-electron chi connectivity index (χ4n) is 4.31. The number of amides is 1. The predicted molar refractivity (Wildman–Crippen MR) is 147 cm³/mol. The van der Waals surface area contributed by atoms with E-state index in [-0.39, 0.29) is 22.6 Å². The van der Waals surface area contributed by atoms with Gasteiger partial charge in [0.1, 0.15) is 11.6 Å². The van der Waals surface area contributed by atoms with Crippen molar-refractivity contribution in [3.8, 4) is 5.88 Å². The number of ether oxygens (including phenoxy) is 2. The number of carbonyl (C=O) groups is 3. The highest BCUT2D eigenvalue weighted by atomic mass is 32.2. The van der Waals surface area contributed by atoms with E-state index in [4.69, 9.17) is 19.7 Å². The number of nitrogens with zero attached hydrogens (tertiary/aromatic N) is 2. The molecule has 14 heteroatoms. The van der Waals surface area contributed by atoms with Crippen LogP contribution in [-0.4, -0.2) is 78.8 Å². The molecule has 13 nitrogen and oxygen atoms in total. The number of aliphatic carboxylic acids is 1. The Balaban J connectivity index is 1.42. The molecule has 0 radical (unpaired) electrons. The Morgan fingerprint density at radius 3 is 2.44 bits per heavy atom. The lowest BCUT2D eigenvalue weighted by Crippen LogP contribution is -2.55. The monoisotopic (exact) mass is 594 g/mol. The molecule has 1 saturated heterocycles. The molecule has 1 aliphatic rings. The zero-order valence-electron chi connectivity index (χ0n) is 23.4. The summed E-state index contributed by atoms with van der Waals surface area (Å²) in [5, 5.41) is 13.2. The number of carboxylic acids is 1. The van der Waals surface area contributed by atoms with E-state index < -0.39 is 39.5 Å². The molecule has 2 heterocycles. The fourth-order valence-corrected chi connectivity index (χ4v) is 5.55. The van der Waals surface area contributed by atoms with Gasteiger partial charge in [-0.05, 0) is 69.7 Å². The van der Waals surface area contributed by atoms with Gasteiger partial charge in [-0.3, -0.25) is 9.59 Å². The average molecular weight is 595 g/mol. The molecule has 0 saturated carbocycles. The molecular formula is C27H38N4O9S. The van der Waals surface area contributed by atoms with Crippen molar-refractivity contribution in [2.24, 2.45) is 11.7 Å². The molecule has 4 N–H and O–H groups in total. The Bertz CT molecular complexity index is 1280. The van der Waals surface area contributed by atoms with Crippen LogP contribution in [0.5, 0.6) is 5.88 Å². The Morgan fingerprint density at radius 2 is 1.83 bits per heavy atom. The van der Waals surface area contributed by atoms with Gasteiger partial charge >= 0.3 is 12.1 Å². The number of nitrogens with two attached hydrogens (primary N) is 1. The van der Waals surface area contributed by atoms with Gasteiger partial charge in [0, 0.05) is 13.1 Å². The lowest BCUT2D eigenvalue weighted by atomic mass is 9.92. The van der Waals surface area contributed by atoms with Gasteiger partial charge in [0.2, 0.25) is 21.6 Å². The van der Waals surface area contributed by atoms with Crippen LogP contribution < -0.4 is 15.2 Å². The minimum atomic E-state index is -4.26. The standard InChI is InChI=1S/C27H38N4O9S/c1-27(2,3)39-26(35)31-14-12-18(13-15-31)9-7-8-16-38-21-17-20(40-29-21)24(32)22(28)23(25(33)34)30-41(36,37)19-10-5-4-6-11-19/h4-6,10-11,17-18,22-23,30H,7-9,12-16,28H2,1-3H3,(H,33,34). The van der Waals surface area contributed by atoms with E-state index in [9.17, 15) is 27.9 Å². The second-order valence-corrected chi connectivity index (χ2v) is 12.6. The van der Waals surface area contributed by atoms with Gasteiger partial charge in [-0.2, -0.15) is 4.72 Å². The van der Waals surface area contributed by atoms with E-state index in [2.05, 4.69) is 5.16 Å².